The molecule has 0 saturated heterocycles. The average Bonchev–Trinajstić information content (AvgIpc) is 2.53. The van der Waals surface area contributed by atoms with Crippen LogP contribution in [0.5, 0.6) is 5.75 Å². The fraction of sp³-hybridized carbons (Fsp3) is 0.267. The minimum atomic E-state index is 0.252. The van der Waals surface area contributed by atoms with Gasteiger partial charge in [0.05, 0.1) is 7.11 Å². The largest absolute Gasteiger partial charge is 0.496 e. The Kier molecular flexibility index (Phi) is 2.36. The molecule has 86 valence electrons. The molecule has 3 rings (SSSR count). The van der Waals surface area contributed by atoms with Crippen molar-refractivity contribution in [1.29, 1.82) is 0 Å². The standard InChI is InChI=1S/C15H14O2/c1-17-14-9-8-10-4-2-5-11-13(16)7-3-6-12(14)15(10)11/h2,4-5,8-9H,3,6-7H2,1H3. The van der Waals surface area contributed by atoms with E-state index in [0.29, 0.717) is 6.42 Å². The van der Waals surface area contributed by atoms with Crippen molar-refractivity contribution in [3.05, 3.63) is 41.5 Å². The van der Waals surface area contributed by atoms with Crippen LogP contribution >= 0.6 is 0 Å². The summed E-state index contributed by atoms with van der Waals surface area (Å²) in [5.41, 5.74) is 2.04. The zero-order valence-corrected chi connectivity index (χ0v) is 9.82. The van der Waals surface area contributed by atoms with Crippen LogP contribution in [0.3, 0.4) is 0 Å². The molecular formula is C15H14O2. The molecule has 1 aliphatic carbocycles. The van der Waals surface area contributed by atoms with E-state index in [0.717, 1.165) is 34.9 Å². The van der Waals surface area contributed by atoms with Crippen LogP contribution in [0.1, 0.15) is 28.8 Å². The fourth-order valence-corrected chi connectivity index (χ4v) is 2.67. The molecule has 0 spiro atoms. The first-order chi connectivity index (χ1) is 8.31. The SMILES string of the molecule is COc1ccc2cccc3c2c1CCCC3=O. The van der Waals surface area contributed by atoms with E-state index in [1.54, 1.807) is 7.11 Å². The zero-order chi connectivity index (χ0) is 11.8. The molecule has 2 aromatic carbocycles. The van der Waals surface area contributed by atoms with E-state index in [4.69, 9.17) is 4.74 Å². The molecule has 17 heavy (non-hydrogen) atoms. The summed E-state index contributed by atoms with van der Waals surface area (Å²) < 4.78 is 5.41. The Morgan fingerprint density at radius 2 is 2.00 bits per heavy atom. The van der Waals surface area contributed by atoms with Crippen molar-refractivity contribution in [2.24, 2.45) is 0 Å². The lowest BCUT2D eigenvalue weighted by Crippen LogP contribution is -1.97. The molecule has 0 unspecified atom stereocenters. The normalized spacial score (nSPS) is 14.8. The molecule has 2 heteroatoms. The molecule has 0 N–H and O–H groups in total. The van der Waals surface area contributed by atoms with Gasteiger partial charge in [-0.15, -0.1) is 0 Å². The molecule has 0 heterocycles. The summed E-state index contributed by atoms with van der Waals surface area (Å²) in [5, 5.41) is 2.22. The second-order valence-electron chi connectivity index (χ2n) is 4.43. The lowest BCUT2D eigenvalue weighted by atomic mass is 9.97. The summed E-state index contributed by atoms with van der Waals surface area (Å²) in [6, 6.07) is 9.97. The number of methoxy groups -OCH3 is 1. The molecule has 0 amide bonds. The highest BCUT2D eigenvalue weighted by Gasteiger charge is 2.19. The zero-order valence-electron chi connectivity index (χ0n) is 9.82. The maximum Gasteiger partial charge on any atom is 0.163 e. The smallest absolute Gasteiger partial charge is 0.163 e. The van der Waals surface area contributed by atoms with E-state index < -0.39 is 0 Å². The predicted molar refractivity (Wildman–Crippen MR) is 67.8 cm³/mol. The second kappa shape index (κ2) is 3.88. The first-order valence-electron chi connectivity index (χ1n) is 5.93. The molecule has 0 bridgehead atoms. The van der Waals surface area contributed by atoms with Crippen molar-refractivity contribution in [3.8, 4) is 5.75 Å². The van der Waals surface area contributed by atoms with Gasteiger partial charge in [0.15, 0.2) is 5.78 Å². The lowest BCUT2D eigenvalue weighted by Gasteiger charge is -2.11. The molecule has 2 nitrogen and oxygen atoms in total. The van der Waals surface area contributed by atoms with E-state index in [9.17, 15) is 4.79 Å². The van der Waals surface area contributed by atoms with Gasteiger partial charge in [-0.1, -0.05) is 24.3 Å². The van der Waals surface area contributed by atoms with E-state index in [-0.39, 0.29) is 5.78 Å². The van der Waals surface area contributed by atoms with Crippen LogP contribution in [0.4, 0.5) is 0 Å². The Balaban J connectivity index is 2.44. The molecule has 0 aromatic heterocycles. The molecule has 0 fully saturated rings. The van der Waals surface area contributed by atoms with Crippen LogP contribution in [0.15, 0.2) is 30.3 Å². The van der Waals surface area contributed by atoms with Crippen LogP contribution in [-0.2, 0) is 6.42 Å². The monoisotopic (exact) mass is 226 g/mol. The Morgan fingerprint density at radius 3 is 2.82 bits per heavy atom. The minimum Gasteiger partial charge on any atom is -0.496 e. The second-order valence-corrected chi connectivity index (χ2v) is 4.43. The Morgan fingerprint density at radius 1 is 1.12 bits per heavy atom. The van der Waals surface area contributed by atoms with E-state index in [1.807, 2.05) is 24.3 Å². The molecule has 1 aliphatic rings. The minimum absolute atomic E-state index is 0.252. The van der Waals surface area contributed by atoms with E-state index in [2.05, 4.69) is 6.07 Å². The number of carbonyl (C=O) groups excluding carboxylic acids is 1. The van der Waals surface area contributed by atoms with Crippen molar-refractivity contribution < 1.29 is 9.53 Å². The van der Waals surface area contributed by atoms with E-state index >= 15 is 0 Å². The number of Topliss-reactive ketones (excluding diaryl/α,β-unsaturated/α-hetero) is 1. The van der Waals surface area contributed by atoms with Gasteiger partial charge >= 0.3 is 0 Å². The van der Waals surface area contributed by atoms with Gasteiger partial charge in [0, 0.05) is 17.5 Å². The van der Waals surface area contributed by atoms with Gasteiger partial charge in [-0.25, -0.2) is 0 Å². The fourth-order valence-electron chi connectivity index (χ4n) is 2.67. The van der Waals surface area contributed by atoms with Gasteiger partial charge in [0.25, 0.3) is 0 Å². The van der Waals surface area contributed by atoms with Gasteiger partial charge in [-0.2, -0.15) is 0 Å². The number of carbonyl (C=O) groups is 1. The molecule has 0 radical (unpaired) electrons. The third-order valence-corrected chi connectivity index (χ3v) is 3.46. The molecule has 0 aliphatic heterocycles. The number of hydrogen-bond donors (Lipinski definition) is 0. The Hall–Kier alpha value is -1.83. The van der Waals surface area contributed by atoms with Crippen molar-refractivity contribution in [2.75, 3.05) is 7.11 Å². The summed E-state index contributed by atoms with van der Waals surface area (Å²) in [4.78, 5) is 12.1. The number of rotatable bonds is 1. The van der Waals surface area contributed by atoms with Crippen LogP contribution in [0.25, 0.3) is 10.8 Å². The predicted octanol–water partition coefficient (Wildman–Crippen LogP) is 3.37. The Bertz CT molecular complexity index is 599. The van der Waals surface area contributed by atoms with Gasteiger partial charge < -0.3 is 4.74 Å². The lowest BCUT2D eigenvalue weighted by molar-refractivity contribution is 0.0983. The maximum absolute atomic E-state index is 12.1. The number of benzene rings is 2. The number of aryl methyl sites for hydroxylation is 1. The van der Waals surface area contributed by atoms with E-state index in [1.165, 1.54) is 5.56 Å². The number of ether oxygens (including phenoxy) is 1. The molecule has 0 atom stereocenters. The summed E-state index contributed by atoms with van der Waals surface area (Å²) in [6.07, 6.45) is 2.46. The summed E-state index contributed by atoms with van der Waals surface area (Å²) in [7, 11) is 1.69. The quantitative estimate of drug-likeness (QED) is 0.745. The third-order valence-electron chi connectivity index (χ3n) is 3.46. The Labute approximate surface area is 100 Å². The molecular weight excluding hydrogens is 212 g/mol. The first kappa shape index (κ1) is 10.3. The van der Waals surface area contributed by atoms with Crippen molar-refractivity contribution in [2.45, 2.75) is 19.3 Å². The first-order valence-corrected chi connectivity index (χ1v) is 5.93. The van der Waals surface area contributed by atoms with Gasteiger partial charge in [0.1, 0.15) is 5.75 Å². The van der Waals surface area contributed by atoms with Crippen LogP contribution in [-0.4, -0.2) is 12.9 Å². The summed E-state index contributed by atoms with van der Waals surface area (Å²) in [5.74, 6) is 1.15. The van der Waals surface area contributed by atoms with Crippen LogP contribution in [0, 0.1) is 0 Å². The van der Waals surface area contributed by atoms with Crippen LogP contribution in [0.2, 0.25) is 0 Å². The van der Waals surface area contributed by atoms with Gasteiger partial charge in [-0.05, 0) is 29.7 Å². The average molecular weight is 226 g/mol. The topological polar surface area (TPSA) is 26.3 Å². The van der Waals surface area contributed by atoms with Crippen molar-refractivity contribution in [3.63, 3.8) is 0 Å². The third kappa shape index (κ3) is 1.52. The van der Waals surface area contributed by atoms with Crippen molar-refractivity contribution in [1.82, 2.24) is 0 Å². The number of ketones is 1. The van der Waals surface area contributed by atoms with Gasteiger partial charge in [0.2, 0.25) is 0 Å². The number of hydrogen-bond acceptors (Lipinski definition) is 2. The summed E-state index contributed by atoms with van der Waals surface area (Å²) in [6.45, 7) is 0. The van der Waals surface area contributed by atoms with Crippen molar-refractivity contribution >= 4 is 16.6 Å². The van der Waals surface area contributed by atoms with Crippen LogP contribution < -0.4 is 4.74 Å². The summed E-state index contributed by atoms with van der Waals surface area (Å²) >= 11 is 0. The highest BCUT2D eigenvalue weighted by Crippen LogP contribution is 2.34. The molecule has 2 aromatic rings. The maximum atomic E-state index is 12.1. The highest BCUT2D eigenvalue weighted by atomic mass is 16.5. The van der Waals surface area contributed by atoms with Gasteiger partial charge in [-0.3, -0.25) is 4.79 Å². The molecule has 0 saturated carbocycles. The highest BCUT2D eigenvalue weighted by molar-refractivity contribution is 6.10.